The Hall–Kier alpha value is -0.340. The van der Waals surface area contributed by atoms with E-state index in [9.17, 15) is 0 Å². The molecule has 0 radical (unpaired) electrons. The van der Waals surface area contributed by atoms with Gasteiger partial charge >= 0.3 is 0 Å². The van der Waals surface area contributed by atoms with Gasteiger partial charge < -0.3 is 0 Å². The van der Waals surface area contributed by atoms with Crippen molar-refractivity contribution in [2.75, 3.05) is 5.33 Å². The minimum Gasteiger partial charge on any atom is -0.292 e. The van der Waals surface area contributed by atoms with Crippen LogP contribution in [0.1, 0.15) is 25.3 Å². The molecule has 2 atom stereocenters. The van der Waals surface area contributed by atoms with E-state index in [1.807, 2.05) is 0 Å². The topological polar surface area (TPSA) is 3.24 Å². The highest BCUT2D eigenvalue weighted by Gasteiger charge is 2.35. The Bertz CT molecular complexity index is 289. The van der Waals surface area contributed by atoms with Crippen molar-refractivity contribution >= 4 is 15.9 Å². The Morgan fingerprint density at radius 2 is 2.00 bits per heavy atom. The molecule has 1 aromatic carbocycles. The van der Waals surface area contributed by atoms with Crippen LogP contribution in [0.25, 0.3) is 0 Å². The van der Waals surface area contributed by atoms with Crippen LogP contribution in [0.4, 0.5) is 0 Å². The van der Waals surface area contributed by atoms with E-state index in [1.54, 1.807) is 0 Å². The van der Waals surface area contributed by atoms with E-state index in [2.05, 4.69) is 58.1 Å². The van der Waals surface area contributed by atoms with Gasteiger partial charge in [0.25, 0.3) is 0 Å². The summed E-state index contributed by atoms with van der Waals surface area (Å²) >= 11 is 3.60. The summed E-state index contributed by atoms with van der Waals surface area (Å²) in [6, 6.07) is 12.3. The second kappa shape index (κ2) is 5.13. The summed E-state index contributed by atoms with van der Waals surface area (Å²) in [5, 5.41) is 1.11. The lowest BCUT2D eigenvalue weighted by Crippen LogP contribution is -2.55. The Morgan fingerprint density at radius 1 is 1.27 bits per heavy atom. The third-order valence-corrected chi connectivity index (χ3v) is 4.09. The maximum atomic E-state index is 3.60. The number of hydrogen-bond acceptors (Lipinski definition) is 1. The van der Waals surface area contributed by atoms with Crippen molar-refractivity contribution in [1.82, 2.24) is 4.90 Å². The van der Waals surface area contributed by atoms with Gasteiger partial charge in [-0.05, 0) is 18.4 Å². The third-order valence-electron chi connectivity index (χ3n) is 3.34. The molecule has 2 heteroatoms. The molecule has 1 saturated heterocycles. The Morgan fingerprint density at radius 3 is 2.60 bits per heavy atom. The minimum atomic E-state index is 0.746. The normalized spacial score (nSPS) is 26.3. The molecule has 0 aliphatic carbocycles. The standard InChI is InChI=1S/C13H18BrN/c1-2-12-8-13(9-14)15(12)10-11-6-4-3-5-7-11/h3-7,12-13H,2,8-10H2,1H3/t12-,13-/m0/s1. The molecule has 2 rings (SSSR count). The monoisotopic (exact) mass is 267 g/mol. The smallest absolute Gasteiger partial charge is 0.0239 e. The lowest BCUT2D eigenvalue weighted by molar-refractivity contribution is 0.0193. The zero-order valence-electron chi connectivity index (χ0n) is 9.20. The Labute approximate surface area is 101 Å². The SMILES string of the molecule is CC[C@H]1C[C@@H](CBr)N1Cc1ccccc1. The van der Waals surface area contributed by atoms with Crippen LogP contribution < -0.4 is 0 Å². The molecule has 0 amide bonds. The quantitative estimate of drug-likeness (QED) is 0.756. The van der Waals surface area contributed by atoms with Gasteiger partial charge in [-0.2, -0.15) is 0 Å². The molecule has 0 bridgehead atoms. The number of halogens is 1. The van der Waals surface area contributed by atoms with E-state index in [-0.39, 0.29) is 0 Å². The van der Waals surface area contributed by atoms with Crippen molar-refractivity contribution in [2.45, 2.75) is 38.4 Å². The largest absolute Gasteiger partial charge is 0.292 e. The fourth-order valence-electron chi connectivity index (χ4n) is 2.35. The molecule has 1 heterocycles. The average Bonchev–Trinajstić information content (AvgIpc) is 2.27. The summed E-state index contributed by atoms with van der Waals surface area (Å²) in [4.78, 5) is 2.62. The number of benzene rings is 1. The fraction of sp³-hybridized carbons (Fsp3) is 0.538. The number of hydrogen-bond donors (Lipinski definition) is 0. The summed E-state index contributed by atoms with van der Waals surface area (Å²) in [6.07, 6.45) is 2.63. The van der Waals surface area contributed by atoms with Crippen molar-refractivity contribution in [2.24, 2.45) is 0 Å². The lowest BCUT2D eigenvalue weighted by Gasteiger charge is -2.48. The van der Waals surface area contributed by atoms with Crippen LogP contribution in [0.15, 0.2) is 30.3 Å². The van der Waals surface area contributed by atoms with E-state index in [0.29, 0.717) is 0 Å². The highest BCUT2D eigenvalue weighted by atomic mass is 79.9. The van der Waals surface area contributed by atoms with E-state index < -0.39 is 0 Å². The molecule has 1 aliphatic rings. The third kappa shape index (κ3) is 2.43. The molecule has 0 unspecified atom stereocenters. The molecular weight excluding hydrogens is 250 g/mol. The molecule has 15 heavy (non-hydrogen) atoms. The molecule has 1 fully saturated rings. The van der Waals surface area contributed by atoms with Gasteiger partial charge in [0.2, 0.25) is 0 Å². The van der Waals surface area contributed by atoms with Crippen molar-refractivity contribution in [3.63, 3.8) is 0 Å². The number of nitrogens with zero attached hydrogens (tertiary/aromatic N) is 1. The summed E-state index contributed by atoms with van der Waals surface area (Å²) in [5.74, 6) is 0. The van der Waals surface area contributed by atoms with E-state index in [1.165, 1.54) is 18.4 Å². The van der Waals surface area contributed by atoms with Gasteiger partial charge in [-0.3, -0.25) is 4.90 Å². The first-order valence-corrected chi connectivity index (χ1v) is 6.83. The van der Waals surface area contributed by atoms with Crippen LogP contribution in [0, 0.1) is 0 Å². The molecule has 82 valence electrons. The van der Waals surface area contributed by atoms with Crippen molar-refractivity contribution in [1.29, 1.82) is 0 Å². The number of rotatable bonds is 4. The Balaban J connectivity index is 1.98. The maximum absolute atomic E-state index is 3.60. The predicted octanol–water partition coefficient (Wildman–Crippen LogP) is 3.43. The molecule has 1 aliphatic heterocycles. The van der Waals surface area contributed by atoms with E-state index in [0.717, 1.165) is 24.0 Å². The van der Waals surface area contributed by atoms with Gasteiger partial charge in [-0.15, -0.1) is 0 Å². The van der Waals surface area contributed by atoms with Crippen molar-refractivity contribution in [3.05, 3.63) is 35.9 Å². The van der Waals surface area contributed by atoms with Crippen LogP contribution in [0.2, 0.25) is 0 Å². The van der Waals surface area contributed by atoms with Gasteiger partial charge in [-0.1, -0.05) is 53.2 Å². The van der Waals surface area contributed by atoms with E-state index >= 15 is 0 Å². The van der Waals surface area contributed by atoms with Crippen LogP contribution in [0.3, 0.4) is 0 Å². The molecule has 0 aromatic heterocycles. The van der Waals surface area contributed by atoms with Crippen LogP contribution in [-0.4, -0.2) is 22.3 Å². The first-order valence-electron chi connectivity index (χ1n) is 5.70. The first-order chi connectivity index (χ1) is 7.35. The molecule has 1 aromatic rings. The molecule has 0 spiro atoms. The van der Waals surface area contributed by atoms with Crippen molar-refractivity contribution in [3.8, 4) is 0 Å². The van der Waals surface area contributed by atoms with Crippen LogP contribution in [0.5, 0.6) is 0 Å². The summed E-state index contributed by atoms with van der Waals surface area (Å²) in [5.41, 5.74) is 1.43. The highest BCUT2D eigenvalue weighted by molar-refractivity contribution is 9.09. The van der Waals surface area contributed by atoms with Gasteiger partial charge in [-0.25, -0.2) is 0 Å². The minimum absolute atomic E-state index is 0.746. The fourth-order valence-corrected chi connectivity index (χ4v) is 2.99. The number of likely N-dealkylation sites (tertiary alicyclic amines) is 1. The van der Waals surface area contributed by atoms with Gasteiger partial charge in [0.15, 0.2) is 0 Å². The second-order valence-corrected chi connectivity index (χ2v) is 4.91. The zero-order valence-corrected chi connectivity index (χ0v) is 10.8. The van der Waals surface area contributed by atoms with Crippen molar-refractivity contribution < 1.29 is 0 Å². The molecular formula is C13H18BrN. The maximum Gasteiger partial charge on any atom is 0.0239 e. The van der Waals surface area contributed by atoms with Gasteiger partial charge in [0.1, 0.15) is 0 Å². The zero-order chi connectivity index (χ0) is 10.7. The van der Waals surface area contributed by atoms with E-state index in [4.69, 9.17) is 0 Å². The predicted molar refractivity (Wildman–Crippen MR) is 68.3 cm³/mol. The molecule has 0 N–H and O–H groups in total. The summed E-state index contributed by atoms with van der Waals surface area (Å²) in [7, 11) is 0. The average molecular weight is 268 g/mol. The summed E-state index contributed by atoms with van der Waals surface area (Å²) in [6.45, 7) is 3.39. The lowest BCUT2D eigenvalue weighted by atomic mass is 9.91. The Kier molecular flexibility index (Phi) is 3.81. The summed E-state index contributed by atoms with van der Waals surface area (Å²) < 4.78 is 0. The molecule has 0 saturated carbocycles. The molecule has 1 nitrogen and oxygen atoms in total. The highest BCUT2D eigenvalue weighted by Crippen LogP contribution is 2.30. The van der Waals surface area contributed by atoms with Crippen LogP contribution in [-0.2, 0) is 6.54 Å². The van der Waals surface area contributed by atoms with Gasteiger partial charge in [0, 0.05) is 24.0 Å². The van der Waals surface area contributed by atoms with Crippen LogP contribution >= 0.6 is 15.9 Å². The van der Waals surface area contributed by atoms with Gasteiger partial charge in [0.05, 0.1) is 0 Å². The second-order valence-electron chi connectivity index (χ2n) is 4.26. The first kappa shape index (κ1) is 11.2. The number of alkyl halides is 1.